The Morgan fingerprint density at radius 2 is 1.77 bits per heavy atom. The van der Waals surface area contributed by atoms with Gasteiger partial charge in [-0.25, -0.2) is 9.78 Å². The lowest BCUT2D eigenvalue weighted by atomic mass is 10.1. The molecule has 0 spiro atoms. The Morgan fingerprint density at radius 1 is 1.14 bits per heavy atom. The zero-order chi connectivity index (χ0) is 16.3. The monoisotopic (exact) mass is 300 g/mol. The summed E-state index contributed by atoms with van der Waals surface area (Å²) in [5.41, 5.74) is 1.73. The Labute approximate surface area is 129 Å². The van der Waals surface area contributed by atoms with Crippen LogP contribution in [0.3, 0.4) is 0 Å². The summed E-state index contributed by atoms with van der Waals surface area (Å²) >= 11 is 0. The van der Waals surface area contributed by atoms with Gasteiger partial charge in [-0.15, -0.1) is 0 Å². The number of hydrogen-bond donors (Lipinski definition) is 3. The van der Waals surface area contributed by atoms with E-state index < -0.39 is 5.97 Å². The van der Waals surface area contributed by atoms with Crippen LogP contribution in [0.15, 0.2) is 30.3 Å². The van der Waals surface area contributed by atoms with E-state index in [4.69, 9.17) is 5.11 Å². The van der Waals surface area contributed by atoms with E-state index in [1.54, 1.807) is 24.3 Å². The Balaban J connectivity index is 2.20. The Morgan fingerprint density at radius 3 is 2.32 bits per heavy atom. The predicted molar refractivity (Wildman–Crippen MR) is 86.8 cm³/mol. The second kappa shape index (κ2) is 6.01. The van der Waals surface area contributed by atoms with Crippen molar-refractivity contribution in [3.05, 3.63) is 41.6 Å². The number of carboxylic acid groups (broad SMARTS) is 1. The number of carboxylic acids is 1. The van der Waals surface area contributed by atoms with Gasteiger partial charge in [0.05, 0.1) is 5.56 Å². The van der Waals surface area contributed by atoms with Gasteiger partial charge >= 0.3 is 5.97 Å². The Bertz CT molecular complexity index is 676. The quantitative estimate of drug-likeness (QED) is 0.801. The summed E-state index contributed by atoms with van der Waals surface area (Å²) < 4.78 is 0. The molecule has 0 fully saturated rings. The molecule has 116 valence electrons. The number of aromatic nitrogens is 2. The first kappa shape index (κ1) is 15.8. The molecule has 0 bridgehead atoms. The number of rotatable bonds is 4. The molecule has 6 heteroatoms. The van der Waals surface area contributed by atoms with Crippen molar-refractivity contribution in [1.82, 2.24) is 9.97 Å². The molecule has 2 rings (SSSR count). The molecule has 0 aliphatic rings. The van der Waals surface area contributed by atoms with Crippen LogP contribution in [-0.4, -0.2) is 26.6 Å². The topological polar surface area (TPSA) is 87.1 Å². The summed E-state index contributed by atoms with van der Waals surface area (Å²) in [5, 5.41) is 15.3. The number of nitrogens with zero attached hydrogens (tertiary/aromatic N) is 2. The molecular formula is C16H20N4O2. The van der Waals surface area contributed by atoms with E-state index in [2.05, 4.69) is 20.6 Å². The number of anilines is 3. The lowest BCUT2D eigenvalue weighted by Gasteiger charge is -2.21. The summed E-state index contributed by atoms with van der Waals surface area (Å²) in [5.74, 6) is 0.264. The van der Waals surface area contributed by atoms with Crippen molar-refractivity contribution >= 4 is 23.4 Å². The van der Waals surface area contributed by atoms with Gasteiger partial charge in [0.15, 0.2) is 0 Å². The number of nitrogens with one attached hydrogen (secondary N) is 2. The molecule has 0 saturated heterocycles. The van der Waals surface area contributed by atoms with Crippen LogP contribution in [0.25, 0.3) is 0 Å². The number of hydrogen-bond acceptors (Lipinski definition) is 5. The molecule has 0 radical (unpaired) electrons. The number of aromatic carboxylic acids is 1. The van der Waals surface area contributed by atoms with E-state index in [-0.39, 0.29) is 11.1 Å². The molecule has 3 N–H and O–H groups in total. The van der Waals surface area contributed by atoms with E-state index in [1.165, 1.54) is 0 Å². The smallest absolute Gasteiger partial charge is 0.335 e. The van der Waals surface area contributed by atoms with Gasteiger partial charge in [-0.3, -0.25) is 0 Å². The highest BCUT2D eigenvalue weighted by molar-refractivity contribution is 5.88. The van der Waals surface area contributed by atoms with Crippen LogP contribution in [0, 0.1) is 6.92 Å². The van der Waals surface area contributed by atoms with Crippen molar-refractivity contribution in [2.75, 3.05) is 10.6 Å². The van der Waals surface area contributed by atoms with Crippen molar-refractivity contribution in [3.63, 3.8) is 0 Å². The van der Waals surface area contributed by atoms with Gasteiger partial charge in [0.1, 0.15) is 5.82 Å². The van der Waals surface area contributed by atoms with Crippen molar-refractivity contribution in [1.29, 1.82) is 0 Å². The van der Waals surface area contributed by atoms with Crippen LogP contribution in [-0.2, 0) is 0 Å². The second-order valence-electron chi connectivity index (χ2n) is 6.10. The van der Waals surface area contributed by atoms with Crippen LogP contribution in [0.5, 0.6) is 0 Å². The van der Waals surface area contributed by atoms with Crippen molar-refractivity contribution in [3.8, 4) is 0 Å². The van der Waals surface area contributed by atoms with Crippen LogP contribution in [0.2, 0.25) is 0 Å². The van der Waals surface area contributed by atoms with Gasteiger partial charge in [-0.1, -0.05) is 0 Å². The third kappa shape index (κ3) is 4.44. The minimum atomic E-state index is -0.943. The average molecular weight is 300 g/mol. The molecule has 0 unspecified atom stereocenters. The molecule has 1 heterocycles. The molecular weight excluding hydrogens is 280 g/mol. The van der Waals surface area contributed by atoms with Crippen molar-refractivity contribution in [2.24, 2.45) is 0 Å². The lowest BCUT2D eigenvalue weighted by molar-refractivity contribution is 0.0697. The van der Waals surface area contributed by atoms with Gasteiger partial charge in [0.2, 0.25) is 5.95 Å². The molecule has 22 heavy (non-hydrogen) atoms. The fourth-order valence-electron chi connectivity index (χ4n) is 1.87. The Kier molecular flexibility index (Phi) is 4.30. The summed E-state index contributed by atoms with van der Waals surface area (Å²) in [4.78, 5) is 19.6. The third-order valence-electron chi connectivity index (χ3n) is 2.75. The molecule has 6 nitrogen and oxygen atoms in total. The van der Waals surface area contributed by atoms with Crippen LogP contribution >= 0.6 is 0 Å². The standard InChI is InChI=1S/C16H20N4O2/c1-10-9-13(19-15(17-10)20-16(2,3)4)18-12-7-5-11(6-8-12)14(21)22/h5-9H,1-4H3,(H,21,22)(H2,17,18,19,20). The molecule has 0 aliphatic carbocycles. The first-order valence-corrected chi connectivity index (χ1v) is 6.97. The van der Waals surface area contributed by atoms with E-state index in [1.807, 2.05) is 33.8 Å². The largest absolute Gasteiger partial charge is 0.478 e. The zero-order valence-corrected chi connectivity index (χ0v) is 13.1. The zero-order valence-electron chi connectivity index (χ0n) is 13.1. The highest BCUT2D eigenvalue weighted by Crippen LogP contribution is 2.19. The maximum absolute atomic E-state index is 10.8. The van der Waals surface area contributed by atoms with Gasteiger partial charge in [-0.05, 0) is 52.0 Å². The number of carbonyl (C=O) groups is 1. The van der Waals surface area contributed by atoms with Crippen LogP contribution in [0.1, 0.15) is 36.8 Å². The summed E-state index contributed by atoms with van der Waals surface area (Å²) in [6, 6.07) is 8.34. The average Bonchev–Trinajstić information content (AvgIpc) is 2.36. The molecule has 1 aromatic carbocycles. The molecule has 0 amide bonds. The van der Waals surface area contributed by atoms with Gasteiger partial charge in [0, 0.05) is 23.0 Å². The fraction of sp³-hybridized carbons (Fsp3) is 0.312. The van der Waals surface area contributed by atoms with Gasteiger partial charge < -0.3 is 15.7 Å². The summed E-state index contributed by atoms with van der Waals surface area (Å²) in [6.07, 6.45) is 0. The van der Waals surface area contributed by atoms with E-state index >= 15 is 0 Å². The number of aryl methyl sites for hydroxylation is 1. The highest BCUT2D eigenvalue weighted by Gasteiger charge is 2.12. The maximum atomic E-state index is 10.8. The maximum Gasteiger partial charge on any atom is 0.335 e. The SMILES string of the molecule is Cc1cc(Nc2ccc(C(=O)O)cc2)nc(NC(C)(C)C)n1. The lowest BCUT2D eigenvalue weighted by Crippen LogP contribution is -2.27. The molecule has 1 aromatic heterocycles. The first-order valence-electron chi connectivity index (χ1n) is 6.97. The molecule has 0 aliphatic heterocycles. The van der Waals surface area contributed by atoms with Crippen LogP contribution in [0.4, 0.5) is 17.5 Å². The van der Waals surface area contributed by atoms with Crippen LogP contribution < -0.4 is 10.6 Å². The normalized spacial score (nSPS) is 11.1. The third-order valence-corrected chi connectivity index (χ3v) is 2.75. The summed E-state index contributed by atoms with van der Waals surface area (Å²) in [6.45, 7) is 8.01. The second-order valence-corrected chi connectivity index (χ2v) is 6.10. The fourth-order valence-corrected chi connectivity index (χ4v) is 1.87. The van der Waals surface area contributed by atoms with E-state index in [0.717, 1.165) is 11.4 Å². The minimum Gasteiger partial charge on any atom is -0.478 e. The minimum absolute atomic E-state index is 0.131. The molecule has 0 saturated carbocycles. The summed E-state index contributed by atoms with van der Waals surface area (Å²) in [7, 11) is 0. The van der Waals surface area contributed by atoms with Crippen molar-refractivity contribution < 1.29 is 9.90 Å². The van der Waals surface area contributed by atoms with E-state index in [9.17, 15) is 4.79 Å². The Hall–Kier alpha value is -2.63. The predicted octanol–water partition coefficient (Wildman–Crippen LogP) is 3.44. The molecule has 2 aromatic rings. The van der Waals surface area contributed by atoms with Gasteiger partial charge in [-0.2, -0.15) is 4.98 Å². The van der Waals surface area contributed by atoms with Gasteiger partial charge in [0.25, 0.3) is 0 Å². The number of benzene rings is 1. The first-order chi connectivity index (χ1) is 10.2. The molecule has 0 atom stereocenters. The van der Waals surface area contributed by atoms with E-state index in [0.29, 0.717) is 11.8 Å². The highest BCUT2D eigenvalue weighted by atomic mass is 16.4. The van der Waals surface area contributed by atoms with Crippen molar-refractivity contribution in [2.45, 2.75) is 33.2 Å².